The summed E-state index contributed by atoms with van der Waals surface area (Å²) in [5.74, 6) is -1.62. The van der Waals surface area contributed by atoms with Gasteiger partial charge in [-0.25, -0.2) is 4.79 Å². The number of esters is 1. The molecule has 424 valence electrons. The predicted octanol–water partition coefficient (Wildman–Crippen LogP) is 3.23. The highest BCUT2D eigenvalue weighted by Gasteiger charge is 2.82. The van der Waals surface area contributed by atoms with Gasteiger partial charge >= 0.3 is 5.97 Å². The maximum atomic E-state index is 13.7. The van der Waals surface area contributed by atoms with E-state index in [0.29, 0.717) is 37.7 Å². The molecule has 0 bridgehead atoms. The third-order valence-corrected chi connectivity index (χ3v) is 19.7. The lowest BCUT2D eigenvalue weighted by Gasteiger charge is -2.69. The number of hydrogen-bond donors (Lipinski definition) is 6. The van der Waals surface area contributed by atoms with Crippen LogP contribution in [-0.2, 0) is 61.6 Å². The number of ether oxygens (including phenoxy) is 12. The van der Waals surface area contributed by atoms with Crippen LogP contribution in [0.5, 0.6) is 0 Å². The maximum absolute atomic E-state index is 13.7. The van der Waals surface area contributed by atoms with E-state index in [9.17, 15) is 40.2 Å². The Morgan fingerprint density at radius 3 is 1.80 bits per heavy atom. The molecule has 4 heterocycles. The number of Topliss-reactive ketones (excluding diaryl/α,β-unsaturated/α-hetero) is 1. The Hall–Kier alpha value is -2.32. The quantitative estimate of drug-likeness (QED) is 0.115. The van der Waals surface area contributed by atoms with Crippen molar-refractivity contribution in [1.82, 2.24) is 0 Å². The zero-order valence-corrected chi connectivity index (χ0v) is 45.2. The average Bonchev–Trinajstić information content (AvgIpc) is 3.61. The normalized spacial score (nSPS) is 51.0. The largest absolute Gasteiger partial charge is 0.458 e. The fourth-order valence-corrected chi connectivity index (χ4v) is 15.3. The second-order valence-corrected chi connectivity index (χ2v) is 23.6. The van der Waals surface area contributed by atoms with Gasteiger partial charge in [0.25, 0.3) is 0 Å². The van der Waals surface area contributed by atoms with Crippen molar-refractivity contribution in [2.24, 2.45) is 22.7 Å². The summed E-state index contributed by atoms with van der Waals surface area (Å²) in [5.41, 5.74) is -7.52. The van der Waals surface area contributed by atoms with Crippen molar-refractivity contribution in [3.63, 3.8) is 0 Å². The number of fused-ring (bicyclic) bond motifs is 5. The van der Waals surface area contributed by atoms with E-state index in [-0.39, 0.29) is 50.5 Å². The van der Waals surface area contributed by atoms with Gasteiger partial charge in [-0.2, -0.15) is 0 Å². The molecule has 8 aliphatic rings. The first-order valence-corrected chi connectivity index (χ1v) is 27.3. The van der Waals surface area contributed by atoms with Crippen molar-refractivity contribution in [2.45, 2.75) is 253 Å². The third kappa shape index (κ3) is 9.88. The minimum Gasteiger partial charge on any atom is -0.458 e. The van der Waals surface area contributed by atoms with Crippen molar-refractivity contribution in [2.75, 3.05) is 21.3 Å². The zero-order valence-electron chi connectivity index (χ0n) is 45.2. The van der Waals surface area contributed by atoms with Gasteiger partial charge in [0.05, 0.1) is 65.4 Å². The van der Waals surface area contributed by atoms with E-state index < -0.39 is 156 Å². The first kappa shape index (κ1) is 57.4. The Morgan fingerprint density at radius 1 is 0.613 bits per heavy atom. The predicted molar refractivity (Wildman–Crippen MR) is 262 cm³/mol. The molecule has 6 N–H and O–H groups in total. The Bertz CT molecular complexity index is 2130. The lowest BCUT2D eigenvalue weighted by atomic mass is 9.40. The summed E-state index contributed by atoms with van der Waals surface area (Å²) in [4.78, 5) is 27.0. The van der Waals surface area contributed by atoms with Gasteiger partial charge in [-0.1, -0.05) is 25.1 Å². The second kappa shape index (κ2) is 22.0. The van der Waals surface area contributed by atoms with Crippen molar-refractivity contribution in [1.29, 1.82) is 0 Å². The topological polar surface area (TPSA) is 266 Å². The Kier molecular flexibility index (Phi) is 16.8. The lowest BCUT2D eigenvalue weighted by molar-refractivity contribution is -0.355. The van der Waals surface area contributed by atoms with E-state index in [1.54, 1.807) is 72.2 Å². The van der Waals surface area contributed by atoms with E-state index in [4.69, 9.17) is 56.8 Å². The first-order chi connectivity index (χ1) is 35.5. The standard InChI is InChI=1S/C55H84O20/c1-27-43(58)48(66-10)44(59)50(70-27)75-47-30(4)69-42(25-37(47)65-9)73-45-28(2)67-40(23-35(45)57)74-46-29(3)68-41(24-36(46)64-8)71-34-17-18-51(6)33(22-34)16-19-54(62)38(51)26-39(72-49(60)32-14-12-11-13-15-32)52(7)53(61,31(5)56)20-21-55(52,54)63/h11-15,27-30,33-48,50,57-59,61-63H,16-26H2,1-10H3. The molecule has 20 nitrogen and oxygen atoms in total. The number of aliphatic hydroxyl groups is 6. The highest BCUT2D eigenvalue weighted by atomic mass is 16.8. The number of benzene rings is 1. The number of rotatable bonds is 14. The van der Waals surface area contributed by atoms with Gasteiger partial charge in [0, 0.05) is 40.6 Å². The SMILES string of the molecule is COC1CC(OC2CCC3(C)C(CCC4(O)C3CC(OC(=O)c3ccccc3)C3(C)C(O)(C(C)=O)CCC43O)C2)OC(C)C1OC1CC(O)C(OC2CC(OC)C(OC3OC(C)C(O)C(OC)C3O)C(C)O2)C(C)O1. The number of carbonyl (C=O) groups is 2. The van der Waals surface area contributed by atoms with Crippen molar-refractivity contribution < 1.29 is 97.1 Å². The summed E-state index contributed by atoms with van der Waals surface area (Å²) in [6.07, 6.45) is -10.6. The second-order valence-electron chi connectivity index (χ2n) is 23.6. The smallest absolute Gasteiger partial charge is 0.338 e. The molecule has 4 aliphatic heterocycles. The Labute approximate surface area is 440 Å². The molecule has 26 unspecified atom stereocenters. The summed E-state index contributed by atoms with van der Waals surface area (Å²) >= 11 is 0. The minimum absolute atomic E-state index is 0.0268. The Morgan fingerprint density at radius 2 is 1.20 bits per heavy atom. The van der Waals surface area contributed by atoms with Gasteiger partial charge in [-0.3, -0.25) is 4.79 Å². The van der Waals surface area contributed by atoms with Crippen LogP contribution >= 0.6 is 0 Å². The van der Waals surface area contributed by atoms with E-state index in [1.807, 2.05) is 6.92 Å². The molecule has 4 saturated heterocycles. The molecule has 1 aromatic rings. The summed E-state index contributed by atoms with van der Waals surface area (Å²) in [6.45, 7) is 12.2. The van der Waals surface area contributed by atoms with E-state index in [0.717, 1.165) is 0 Å². The molecule has 0 spiro atoms. The summed E-state index contributed by atoms with van der Waals surface area (Å²) in [6, 6.07) is 8.52. The molecule has 20 heteroatoms. The summed E-state index contributed by atoms with van der Waals surface area (Å²) < 4.78 is 74.2. The molecule has 9 rings (SSSR count). The summed E-state index contributed by atoms with van der Waals surface area (Å²) in [7, 11) is 4.56. The monoisotopic (exact) mass is 1060 g/mol. The number of aliphatic hydroxyl groups excluding tert-OH is 3. The molecule has 0 aromatic heterocycles. The molecule has 0 radical (unpaired) electrons. The molecule has 4 saturated carbocycles. The highest BCUT2D eigenvalue weighted by molar-refractivity contribution is 5.90. The van der Waals surface area contributed by atoms with Crippen LogP contribution in [0.1, 0.15) is 129 Å². The van der Waals surface area contributed by atoms with Crippen LogP contribution in [0.2, 0.25) is 0 Å². The van der Waals surface area contributed by atoms with Crippen molar-refractivity contribution >= 4 is 11.8 Å². The number of ketones is 1. The number of carbonyl (C=O) groups excluding carboxylic acids is 2. The molecule has 4 aliphatic carbocycles. The maximum Gasteiger partial charge on any atom is 0.338 e. The Balaban J connectivity index is 0.793. The number of methoxy groups -OCH3 is 3. The minimum atomic E-state index is -2.03. The van der Waals surface area contributed by atoms with Crippen LogP contribution in [0.4, 0.5) is 0 Å². The van der Waals surface area contributed by atoms with E-state index in [2.05, 4.69) is 6.92 Å². The molecule has 0 amide bonds. The molecule has 1 aromatic carbocycles. The zero-order chi connectivity index (χ0) is 54.2. The molecule has 75 heavy (non-hydrogen) atoms. The van der Waals surface area contributed by atoms with Gasteiger partial charge in [0.2, 0.25) is 0 Å². The fourth-order valence-electron chi connectivity index (χ4n) is 15.3. The number of hydrogen-bond acceptors (Lipinski definition) is 20. The third-order valence-electron chi connectivity index (χ3n) is 19.7. The van der Waals surface area contributed by atoms with Crippen LogP contribution < -0.4 is 0 Å². The van der Waals surface area contributed by atoms with Gasteiger partial charge in [-0.15, -0.1) is 0 Å². The van der Waals surface area contributed by atoms with Crippen molar-refractivity contribution in [3.05, 3.63) is 35.9 Å². The van der Waals surface area contributed by atoms with Gasteiger partial charge < -0.3 is 87.5 Å². The molecule has 26 atom stereocenters. The summed E-state index contributed by atoms with van der Waals surface area (Å²) in [5, 5.41) is 70.9. The first-order valence-electron chi connectivity index (χ1n) is 27.3. The van der Waals surface area contributed by atoms with E-state index in [1.165, 1.54) is 14.0 Å². The van der Waals surface area contributed by atoms with Crippen LogP contribution in [-0.4, -0.2) is 197 Å². The van der Waals surface area contributed by atoms with Crippen LogP contribution in [0.25, 0.3) is 0 Å². The van der Waals surface area contributed by atoms with Crippen LogP contribution in [0, 0.1) is 22.7 Å². The lowest BCUT2D eigenvalue weighted by Crippen LogP contribution is -2.79. The highest BCUT2D eigenvalue weighted by Crippen LogP contribution is 2.72. The average molecular weight is 1070 g/mol. The van der Waals surface area contributed by atoms with Crippen molar-refractivity contribution in [3.8, 4) is 0 Å². The molecule has 8 fully saturated rings. The van der Waals surface area contributed by atoms with Gasteiger partial charge in [0.15, 0.2) is 30.9 Å². The van der Waals surface area contributed by atoms with Crippen LogP contribution in [0.3, 0.4) is 0 Å². The van der Waals surface area contributed by atoms with Gasteiger partial charge in [0.1, 0.15) is 53.9 Å². The molecular formula is C55H84O20. The fraction of sp³-hybridized carbons (Fsp3) is 0.855. The van der Waals surface area contributed by atoms with E-state index >= 15 is 0 Å². The van der Waals surface area contributed by atoms with Gasteiger partial charge in [-0.05, 0) is 122 Å². The van der Waals surface area contributed by atoms with Crippen LogP contribution in [0.15, 0.2) is 30.3 Å². The molecular weight excluding hydrogens is 981 g/mol.